The molecule has 0 radical (unpaired) electrons. The molecule has 0 saturated carbocycles. The van der Waals surface area contributed by atoms with E-state index in [0.29, 0.717) is 16.6 Å². The van der Waals surface area contributed by atoms with Crippen LogP contribution < -0.4 is 5.32 Å². The van der Waals surface area contributed by atoms with Gasteiger partial charge in [0.2, 0.25) is 0 Å². The molecule has 100 valence electrons. The van der Waals surface area contributed by atoms with Crippen LogP contribution in [-0.2, 0) is 13.6 Å². The molecule has 0 fully saturated rings. The number of nitrogens with one attached hydrogen (secondary N) is 1. The zero-order chi connectivity index (χ0) is 14.0. The molecule has 6 nitrogen and oxygen atoms in total. The molecule has 0 amide bonds. The van der Waals surface area contributed by atoms with E-state index >= 15 is 0 Å². The zero-order valence-electron chi connectivity index (χ0n) is 10.6. The molecule has 0 aliphatic carbocycles. The molecule has 19 heavy (non-hydrogen) atoms. The number of nitrogens with zero attached hydrogens (tertiary/aromatic N) is 3. The largest absolute Gasteiger partial charge is 0.380 e. The molecule has 7 heteroatoms. The van der Waals surface area contributed by atoms with Crippen molar-refractivity contribution in [1.29, 1.82) is 0 Å². The molecule has 2 aromatic rings. The maximum absolute atomic E-state index is 10.8. The fourth-order valence-corrected chi connectivity index (χ4v) is 2.24. The second-order valence-corrected chi connectivity index (χ2v) is 5.11. The Morgan fingerprint density at radius 2 is 2.26 bits per heavy atom. The first kappa shape index (κ1) is 13.5. The highest BCUT2D eigenvalue weighted by Gasteiger charge is 2.13. The van der Waals surface area contributed by atoms with Crippen LogP contribution in [0.15, 0.2) is 29.0 Å². The van der Waals surface area contributed by atoms with Gasteiger partial charge < -0.3 is 5.32 Å². The molecule has 0 spiro atoms. The first-order chi connectivity index (χ1) is 8.97. The topological polar surface area (TPSA) is 73.0 Å². The van der Waals surface area contributed by atoms with Crippen LogP contribution in [0.1, 0.15) is 11.1 Å². The summed E-state index contributed by atoms with van der Waals surface area (Å²) in [6, 6.07) is 3.28. The van der Waals surface area contributed by atoms with Gasteiger partial charge in [-0.3, -0.25) is 14.8 Å². The van der Waals surface area contributed by atoms with E-state index in [9.17, 15) is 10.1 Å². The number of halogens is 1. The molecule has 0 unspecified atom stereocenters. The molecular formula is C12H13BrN4O2. The minimum Gasteiger partial charge on any atom is -0.380 e. The Hall–Kier alpha value is -1.89. The van der Waals surface area contributed by atoms with E-state index < -0.39 is 0 Å². The maximum Gasteiger partial charge on any atom is 0.273 e. The predicted molar refractivity (Wildman–Crippen MR) is 76.1 cm³/mol. The molecular weight excluding hydrogens is 312 g/mol. The number of nitro groups is 1. The molecule has 0 aliphatic heterocycles. The van der Waals surface area contributed by atoms with E-state index in [-0.39, 0.29) is 10.6 Å². The highest BCUT2D eigenvalue weighted by Crippen LogP contribution is 2.30. The Kier molecular flexibility index (Phi) is 3.84. The monoisotopic (exact) mass is 324 g/mol. The third-order valence-corrected chi connectivity index (χ3v) is 3.38. The summed E-state index contributed by atoms with van der Waals surface area (Å²) in [4.78, 5) is 10.4. The van der Waals surface area contributed by atoms with Gasteiger partial charge >= 0.3 is 0 Å². The lowest BCUT2D eigenvalue weighted by Crippen LogP contribution is -2.01. The highest BCUT2D eigenvalue weighted by molar-refractivity contribution is 9.10. The van der Waals surface area contributed by atoms with Crippen LogP contribution in [-0.4, -0.2) is 14.7 Å². The smallest absolute Gasteiger partial charge is 0.273 e. The Bertz CT molecular complexity index is 624. The normalized spacial score (nSPS) is 10.5. The number of aromatic nitrogens is 2. The van der Waals surface area contributed by atoms with E-state index in [1.807, 2.05) is 13.2 Å². The van der Waals surface area contributed by atoms with Crippen LogP contribution in [0.2, 0.25) is 0 Å². The molecule has 1 heterocycles. The van der Waals surface area contributed by atoms with Gasteiger partial charge in [-0.15, -0.1) is 0 Å². The van der Waals surface area contributed by atoms with Gasteiger partial charge in [0, 0.05) is 47.1 Å². The van der Waals surface area contributed by atoms with Crippen molar-refractivity contribution in [3.05, 3.63) is 50.2 Å². The minimum atomic E-state index is -0.384. The van der Waals surface area contributed by atoms with Crippen LogP contribution in [0.4, 0.5) is 11.4 Å². The van der Waals surface area contributed by atoms with E-state index in [1.54, 1.807) is 23.9 Å². The van der Waals surface area contributed by atoms with Crippen molar-refractivity contribution in [1.82, 2.24) is 9.78 Å². The van der Waals surface area contributed by atoms with Crippen molar-refractivity contribution in [2.24, 2.45) is 7.05 Å². The van der Waals surface area contributed by atoms with Crippen molar-refractivity contribution < 1.29 is 4.92 Å². The lowest BCUT2D eigenvalue weighted by Gasteiger charge is -2.09. The van der Waals surface area contributed by atoms with Gasteiger partial charge in [0.25, 0.3) is 5.69 Å². The summed E-state index contributed by atoms with van der Waals surface area (Å²) in [6.07, 6.45) is 3.69. The molecule has 1 aromatic heterocycles. The summed E-state index contributed by atoms with van der Waals surface area (Å²) in [5.41, 5.74) is 2.61. The molecule has 2 rings (SSSR count). The summed E-state index contributed by atoms with van der Waals surface area (Å²) in [5.74, 6) is 0. The number of hydrogen-bond acceptors (Lipinski definition) is 4. The van der Waals surface area contributed by atoms with E-state index in [1.165, 1.54) is 6.07 Å². The van der Waals surface area contributed by atoms with Gasteiger partial charge in [0.15, 0.2) is 0 Å². The third-order valence-electron chi connectivity index (χ3n) is 2.72. The van der Waals surface area contributed by atoms with Crippen LogP contribution in [0.3, 0.4) is 0 Å². The Balaban J connectivity index is 2.17. The number of nitro benzene ring substituents is 1. The van der Waals surface area contributed by atoms with Gasteiger partial charge in [-0.1, -0.05) is 0 Å². The second-order valence-electron chi connectivity index (χ2n) is 4.25. The van der Waals surface area contributed by atoms with Gasteiger partial charge in [-0.05, 0) is 28.9 Å². The van der Waals surface area contributed by atoms with Crippen LogP contribution in [0.5, 0.6) is 0 Å². The molecule has 1 aromatic carbocycles. The average molecular weight is 325 g/mol. The summed E-state index contributed by atoms with van der Waals surface area (Å²) < 4.78 is 2.40. The first-order valence-electron chi connectivity index (χ1n) is 5.63. The predicted octanol–water partition coefficient (Wildman–Crippen LogP) is 3.01. The van der Waals surface area contributed by atoms with Crippen LogP contribution in [0, 0.1) is 17.0 Å². The molecule has 1 N–H and O–H groups in total. The van der Waals surface area contributed by atoms with Crippen molar-refractivity contribution in [2.75, 3.05) is 5.32 Å². The van der Waals surface area contributed by atoms with Crippen LogP contribution in [0.25, 0.3) is 0 Å². The van der Waals surface area contributed by atoms with E-state index in [0.717, 1.165) is 11.3 Å². The fourth-order valence-electron chi connectivity index (χ4n) is 1.76. The minimum absolute atomic E-state index is 0.110. The number of hydrogen-bond donors (Lipinski definition) is 1. The van der Waals surface area contributed by atoms with Gasteiger partial charge in [0.1, 0.15) is 0 Å². The Labute approximate surface area is 118 Å². The summed E-state index contributed by atoms with van der Waals surface area (Å²) in [6.45, 7) is 2.34. The first-order valence-corrected chi connectivity index (χ1v) is 6.42. The van der Waals surface area contributed by atoms with Crippen molar-refractivity contribution in [3.63, 3.8) is 0 Å². The number of aryl methyl sites for hydroxylation is 2. The van der Waals surface area contributed by atoms with Crippen LogP contribution >= 0.6 is 15.9 Å². The SMILES string of the molecule is Cc1cc(NCc2cnn(C)c2)c(Br)cc1[N+](=O)[O-]. The van der Waals surface area contributed by atoms with Gasteiger partial charge in [-0.2, -0.15) is 5.10 Å². The number of anilines is 1. The second kappa shape index (κ2) is 5.40. The third kappa shape index (κ3) is 3.11. The van der Waals surface area contributed by atoms with E-state index in [2.05, 4.69) is 26.3 Å². The lowest BCUT2D eigenvalue weighted by molar-refractivity contribution is -0.385. The molecule has 0 aliphatic rings. The van der Waals surface area contributed by atoms with Crippen molar-refractivity contribution in [2.45, 2.75) is 13.5 Å². The standard InChI is InChI=1S/C12H13BrN4O2/c1-8-3-11(10(13)4-12(8)17(18)19)14-5-9-6-15-16(2)7-9/h3-4,6-7,14H,5H2,1-2H3. The van der Waals surface area contributed by atoms with Crippen molar-refractivity contribution in [3.8, 4) is 0 Å². The van der Waals surface area contributed by atoms with Gasteiger partial charge in [0.05, 0.1) is 11.1 Å². The summed E-state index contributed by atoms with van der Waals surface area (Å²) in [5, 5.41) is 18.1. The number of benzene rings is 1. The Morgan fingerprint density at radius 1 is 1.53 bits per heavy atom. The van der Waals surface area contributed by atoms with Gasteiger partial charge in [-0.25, -0.2) is 0 Å². The highest BCUT2D eigenvalue weighted by atomic mass is 79.9. The fraction of sp³-hybridized carbons (Fsp3) is 0.250. The quantitative estimate of drug-likeness (QED) is 0.693. The van der Waals surface area contributed by atoms with Crippen molar-refractivity contribution >= 4 is 27.3 Å². The number of rotatable bonds is 4. The lowest BCUT2D eigenvalue weighted by atomic mass is 10.2. The average Bonchev–Trinajstić information content (AvgIpc) is 2.75. The Morgan fingerprint density at radius 3 is 2.84 bits per heavy atom. The maximum atomic E-state index is 10.8. The summed E-state index contributed by atoms with van der Waals surface area (Å²) in [7, 11) is 1.86. The van der Waals surface area contributed by atoms with E-state index in [4.69, 9.17) is 0 Å². The zero-order valence-corrected chi connectivity index (χ0v) is 12.1. The molecule has 0 bridgehead atoms. The molecule has 0 atom stereocenters. The summed E-state index contributed by atoms with van der Waals surface area (Å²) >= 11 is 3.34. The molecule has 0 saturated heterocycles.